The molecule has 0 aliphatic carbocycles. The van der Waals surface area contributed by atoms with E-state index in [0.29, 0.717) is 0 Å². The Labute approximate surface area is 148 Å². The van der Waals surface area contributed by atoms with Crippen LogP contribution in [-0.4, -0.2) is 43.2 Å². The summed E-state index contributed by atoms with van der Waals surface area (Å²) in [5.74, 6) is 0.909. The molecule has 0 amide bonds. The summed E-state index contributed by atoms with van der Waals surface area (Å²) in [6.45, 7) is 5.20. The minimum atomic E-state index is 0.909. The van der Waals surface area contributed by atoms with Crippen LogP contribution >= 0.6 is 0 Å². The zero-order valence-electron chi connectivity index (χ0n) is 14.6. The van der Waals surface area contributed by atoms with Crippen molar-refractivity contribution < 1.29 is 4.74 Å². The van der Waals surface area contributed by atoms with Gasteiger partial charge in [0.2, 0.25) is 0 Å². The van der Waals surface area contributed by atoms with E-state index in [4.69, 9.17) is 4.74 Å². The lowest BCUT2D eigenvalue weighted by atomic mass is 10.1. The molecular weight excluding hydrogens is 310 g/mol. The van der Waals surface area contributed by atoms with E-state index < -0.39 is 0 Å². The molecule has 128 valence electrons. The standard InChI is InChI=1S/C21H23N3O/c1-25-20-8-6-19(7-9-20)24-12-10-23(11-13-24)16-17-14-18-4-2-3-5-21(18)22-15-17/h2-9,14-15H,10-13,16H2,1H3. The molecule has 1 aromatic heterocycles. The number of aromatic nitrogens is 1. The molecule has 1 saturated heterocycles. The van der Waals surface area contributed by atoms with Crippen molar-refractivity contribution in [3.8, 4) is 5.75 Å². The number of benzene rings is 2. The van der Waals surface area contributed by atoms with Crippen LogP contribution in [0.15, 0.2) is 60.8 Å². The van der Waals surface area contributed by atoms with Gasteiger partial charge in [-0.15, -0.1) is 0 Å². The largest absolute Gasteiger partial charge is 0.497 e. The molecule has 1 aliphatic rings. The SMILES string of the molecule is COc1ccc(N2CCN(Cc3cnc4ccccc4c3)CC2)cc1. The Balaban J connectivity index is 1.37. The van der Waals surface area contributed by atoms with Crippen molar-refractivity contribution in [1.29, 1.82) is 0 Å². The number of methoxy groups -OCH3 is 1. The van der Waals surface area contributed by atoms with Crippen molar-refractivity contribution in [2.75, 3.05) is 38.2 Å². The maximum atomic E-state index is 5.24. The quantitative estimate of drug-likeness (QED) is 0.730. The molecule has 0 unspecified atom stereocenters. The van der Waals surface area contributed by atoms with Gasteiger partial charge < -0.3 is 9.64 Å². The Hall–Kier alpha value is -2.59. The molecule has 0 spiro atoms. The van der Waals surface area contributed by atoms with Crippen LogP contribution in [0.2, 0.25) is 0 Å². The summed E-state index contributed by atoms with van der Waals surface area (Å²) in [6, 6.07) is 18.9. The second-order valence-corrected chi connectivity index (χ2v) is 6.50. The van der Waals surface area contributed by atoms with Gasteiger partial charge in [0.25, 0.3) is 0 Å². The number of rotatable bonds is 4. The second-order valence-electron chi connectivity index (χ2n) is 6.50. The lowest BCUT2D eigenvalue weighted by Gasteiger charge is -2.36. The second kappa shape index (κ2) is 7.11. The highest BCUT2D eigenvalue weighted by Crippen LogP contribution is 2.21. The summed E-state index contributed by atoms with van der Waals surface area (Å²) in [7, 11) is 1.70. The maximum Gasteiger partial charge on any atom is 0.119 e. The molecule has 3 aromatic rings. The van der Waals surface area contributed by atoms with Crippen LogP contribution in [0.4, 0.5) is 5.69 Å². The normalized spacial score (nSPS) is 15.5. The van der Waals surface area contributed by atoms with E-state index >= 15 is 0 Å². The smallest absolute Gasteiger partial charge is 0.119 e. The van der Waals surface area contributed by atoms with Gasteiger partial charge in [0.05, 0.1) is 12.6 Å². The summed E-state index contributed by atoms with van der Waals surface area (Å²) in [6.07, 6.45) is 2.01. The van der Waals surface area contributed by atoms with Gasteiger partial charge in [-0.3, -0.25) is 9.88 Å². The van der Waals surface area contributed by atoms with E-state index in [1.807, 2.05) is 24.4 Å². The molecule has 1 aliphatic heterocycles. The number of hydrogen-bond acceptors (Lipinski definition) is 4. The van der Waals surface area contributed by atoms with E-state index in [0.717, 1.165) is 44.0 Å². The Bertz CT molecular complexity index is 839. The van der Waals surface area contributed by atoms with Gasteiger partial charge in [-0.25, -0.2) is 0 Å². The van der Waals surface area contributed by atoms with Crippen molar-refractivity contribution >= 4 is 16.6 Å². The first-order valence-electron chi connectivity index (χ1n) is 8.77. The van der Waals surface area contributed by atoms with Crippen molar-refractivity contribution in [2.24, 2.45) is 0 Å². The molecule has 0 bridgehead atoms. The third-order valence-electron chi connectivity index (χ3n) is 4.86. The summed E-state index contributed by atoms with van der Waals surface area (Å²) in [5, 5.41) is 1.22. The molecule has 0 radical (unpaired) electrons. The first-order valence-corrected chi connectivity index (χ1v) is 8.77. The Morgan fingerprint density at radius 1 is 0.960 bits per heavy atom. The fourth-order valence-electron chi connectivity index (χ4n) is 3.42. The van der Waals surface area contributed by atoms with E-state index in [1.54, 1.807) is 7.11 Å². The average molecular weight is 333 g/mol. The molecule has 0 atom stereocenters. The minimum absolute atomic E-state index is 0.909. The molecule has 2 aromatic carbocycles. The molecule has 1 fully saturated rings. The van der Waals surface area contributed by atoms with Gasteiger partial charge in [-0.1, -0.05) is 18.2 Å². The van der Waals surface area contributed by atoms with Gasteiger partial charge in [-0.2, -0.15) is 0 Å². The summed E-state index contributed by atoms with van der Waals surface area (Å²) in [4.78, 5) is 9.52. The van der Waals surface area contributed by atoms with Crippen LogP contribution in [0, 0.1) is 0 Å². The van der Waals surface area contributed by atoms with E-state index in [-0.39, 0.29) is 0 Å². The van der Waals surface area contributed by atoms with E-state index in [2.05, 4.69) is 51.2 Å². The highest BCUT2D eigenvalue weighted by atomic mass is 16.5. The van der Waals surface area contributed by atoms with Crippen molar-refractivity contribution in [3.63, 3.8) is 0 Å². The molecule has 4 nitrogen and oxygen atoms in total. The van der Waals surface area contributed by atoms with Gasteiger partial charge in [0.1, 0.15) is 5.75 Å². The molecule has 25 heavy (non-hydrogen) atoms. The number of anilines is 1. The lowest BCUT2D eigenvalue weighted by molar-refractivity contribution is 0.249. The van der Waals surface area contributed by atoms with Crippen molar-refractivity contribution in [3.05, 3.63) is 66.4 Å². The van der Waals surface area contributed by atoms with Crippen molar-refractivity contribution in [2.45, 2.75) is 6.54 Å². The lowest BCUT2D eigenvalue weighted by Crippen LogP contribution is -2.45. The number of para-hydroxylation sites is 1. The van der Waals surface area contributed by atoms with Gasteiger partial charge in [0, 0.05) is 50.0 Å². The molecule has 0 saturated carbocycles. The zero-order chi connectivity index (χ0) is 17.1. The average Bonchev–Trinajstić information content (AvgIpc) is 2.69. The summed E-state index contributed by atoms with van der Waals surface area (Å²) < 4.78 is 5.24. The monoisotopic (exact) mass is 333 g/mol. The number of hydrogen-bond donors (Lipinski definition) is 0. The molecule has 4 heteroatoms. The van der Waals surface area contributed by atoms with E-state index in [9.17, 15) is 0 Å². The Morgan fingerprint density at radius 3 is 2.48 bits per heavy atom. The fraction of sp³-hybridized carbons (Fsp3) is 0.286. The van der Waals surface area contributed by atoms with Crippen LogP contribution in [0.1, 0.15) is 5.56 Å². The summed E-state index contributed by atoms with van der Waals surface area (Å²) in [5.41, 5.74) is 3.62. The number of pyridine rings is 1. The van der Waals surface area contributed by atoms with Crippen LogP contribution in [0.3, 0.4) is 0 Å². The molecule has 2 heterocycles. The minimum Gasteiger partial charge on any atom is -0.497 e. The number of fused-ring (bicyclic) bond motifs is 1. The first kappa shape index (κ1) is 15.9. The molecule has 4 rings (SSSR count). The summed E-state index contributed by atoms with van der Waals surface area (Å²) >= 11 is 0. The number of nitrogens with zero attached hydrogens (tertiary/aromatic N) is 3. The van der Waals surface area contributed by atoms with E-state index in [1.165, 1.54) is 16.6 Å². The topological polar surface area (TPSA) is 28.6 Å². The van der Waals surface area contributed by atoms with Gasteiger partial charge in [-0.05, 0) is 42.0 Å². The van der Waals surface area contributed by atoms with Crippen molar-refractivity contribution in [1.82, 2.24) is 9.88 Å². The van der Waals surface area contributed by atoms with Crippen LogP contribution in [0.25, 0.3) is 10.9 Å². The zero-order valence-corrected chi connectivity index (χ0v) is 14.6. The predicted molar refractivity (Wildman–Crippen MR) is 102 cm³/mol. The van der Waals surface area contributed by atoms with Crippen LogP contribution in [-0.2, 0) is 6.54 Å². The Kier molecular flexibility index (Phi) is 4.53. The van der Waals surface area contributed by atoms with Crippen LogP contribution < -0.4 is 9.64 Å². The molecule has 0 N–H and O–H groups in total. The van der Waals surface area contributed by atoms with Gasteiger partial charge in [0.15, 0.2) is 0 Å². The first-order chi connectivity index (χ1) is 12.3. The molecular formula is C21H23N3O. The number of ether oxygens (including phenoxy) is 1. The Morgan fingerprint density at radius 2 is 1.72 bits per heavy atom. The fourth-order valence-corrected chi connectivity index (χ4v) is 3.42. The van der Waals surface area contributed by atoms with Gasteiger partial charge >= 0.3 is 0 Å². The highest BCUT2D eigenvalue weighted by molar-refractivity contribution is 5.78. The predicted octanol–water partition coefficient (Wildman–Crippen LogP) is 3.57. The van der Waals surface area contributed by atoms with Crippen LogP contribution in [0.5, 0.6) is 5.75 Å². The third kappa shape index (κ3) is 3.59. The third-order valence-corrected chi connectivity index (χ3v) is 4.86. The maximum absolute atomic E-state index is 5.24. The highest BCUT2D eigenvalue weighted by Gasteiger charge is 2.17. The number of piperazine rings is 1.